The fraction of sp³-hybridized carbons (Fsp3) is 0.533. The number of hydrogen-bond donors (Lipinski definition) is 1. The summed E-state index contributed by atoms with van der Waals surface area (Å²) in [4.78, 5) is 15.8. The highest BCUT2D eigenvalue weighted by Gasteiger charge is 2.19. The molecule has 1 aliphatic heterocycles. The highest BCUT2D eigenvalue weighted by atomic mass is 15.3. The van der Waals surface area contributed by atoms with E-state index in [2.05, 4.69) is 43.6 Å². The molecule has 0 aliphatic carbocycles. The molecular formula is C15H22N6. The second-order valence-corrected chi connectivity index (χ2v) is 5.77. The number of rotatable bonds is 4. The van der Waals surface area contributed by atoms with E-state index in [1.165, 1.54) is 0 Å². The number of aromatic nitrogens is 4. The lowest BCUT2D eigenvalue weighted by Gasteiger charge is -2.28. The molecule has 0 unspecified atom stereocenters. The summed E-state index contributed by atoms with van der Waals surface area (Å²) in [7, 11) is 0. The molecule has 0 amide bonds. The fourth-order valence-electron chi connectivity index (χ4n) is 2.46. The first-order valence-corrected chi connectivity index (χ1v) is 7.44. The highest BCUT2D eigenvalue weighted by molar-refractivity contribution is 5.34. The standard InChI is InChI=1S/C15H22N6/c1-11(2)17-8-13-9-18-15(19-12(13)3)21-7-6-20-5-4-16-14(20)10-21/h4-5,9,11,17H,6-8,10H2,1-3H3. The van der Waals surface area contributed by atoms with Gasteiger partial charge >= 0.3 is 0 Å². The van der Waals surface area contributed by atoms with Crippen LogP contribution in [0.15, 0.2) is 18.6 Å². The molecule has 0 aromatic carbocycles. The fourth-order valence-corrected chi connectivity index (χ4v) is 2.46. The van der Waals surface area contributed by atoms with Crippen molar-refractivity contribution in [1.82, 2.24) is 24.8 Å². The van der Waals surface area contributed by atoms with Crippen LogP contribution in [0.25, 0.3) is 0 Å². The zero-order valence-corrected chi connectivity index (χ0v) is 12.9. The van der Waals surface area contributed by atoms with E-state index in [0.29, 0.717) is 6.04 Å². The van der Waals surface area contributed by atoms with Crippen LogP contribution < -0.4 is 10.2 Å². The average Bonchev–Trinajstić information content (AvgIpc) is 2.93. The third-order valence-corrected chi connectivity index (χ3v) is 3.80. The average molecular weight is 286 g/mol. The molecule has 2 aromatic heterocycles. The summed E-state index contributed by atoms with van der Waals surface area (Å²) in [6, 6.07) is 0.463. The van der Waals surface area contributed by atoms with Crippen LogP contribution in [-0.4, -0.2) is 32.1 Å². The van der Waals surface area contributed by atoms with E-state index in [1.807, 2.05) is 25.5 Å². The SMILES string of the molecule is Cc1nc(N2CCn3ccnc3C2)ncc1CNC(C)C. The van der Waals surface area contributed by atoms with Crippen LogP contribution in [0, 0.1) is 6.92 Å². The minimum Gasteiger partial charge on any atom is -0.332 e. The van der Waals surface area contributed by atoms with Gasteiger partial charge in [-0.15, -0.1) is 0 Å². The van der Waals surface area contributed by atoms with Gasteiger partial charge in [0.2, 0.25) is 5.95 Å². The Hall–Kier alpha value is -1.95. The summed E-state index contributed by atoms with van der Waals surface area (Å²) in [6.07, 6.45) is 5.82. The summed E-state index contributed by atoms with van der Waals surface area (Å²) >= 11 is 0. The number of fused-ring (bicyclic) bond motifs is 1. The Balaban J connectivity index is 1.73. The Morgan fingerprint density at radius 2 is 2.14 bits per heavy atom. The molecule has 3 heterocycles. The molecule has 1 N–H and O–H groups in total. The van der Waals surface area contributed by atoms with E-state index in [-0.39, 0.29) is 0 Å². The summed E-state index contributed by atoms with van der Waals surface area (Å²) < 4.78 is 2.18. The van der Waals surface area contributed by atoms with Gasteiger partial charge in [0.25, 0.3) is 0 Å². The van der Waals surface area contributed by atoms with Crippen LogP contribution in [0.1, 0.15) is 30.9 Å². The molecular weight excluding hydrogens is 264 g/mol. The van der Waals surface area contributed by atoms with E-state index >= 15 is 0 Å². The first-order chi connectivity index (χ1) is 10.1. The molecule has 6 heteroatoms. The molecule has 112 valence electrons. The number of nitrogens with zero attached hydrogens (tertiary/aromatic N) is 5. The maximum atomic E-state index is 4.67. The molecule has 0 saturated heterocycles. The number of hydrogen-bond acceptors (Lipinski definition) is 5. The lowest BCUT2D eigenvalue weighted by Crippen LogP contribution is -2.35. The lowest BCUT2D eigenvalue weighted by atomic mass is 10.2. The summed E-state index contributed by atoms with van der Waals surface area (Å²) in [6.45, 7) is 9.78. The Labute approximate surface area is 125 Å². The maximum absolute atomic E-state index is 4.67. The van der Waals surface area contributed by atoms with Gasteiger partial charge in [0.15, 0.2) is 0 Å². The van der Waals surface area contributed by atoms with Gasteiger partial charge in [-0.25, -0.2) is 15.0 Å². The van der Waals surface area contributed by atoms with E-state index < -0.39 is 0 Å². The third-order valence-electron chi connectivity index (χ3n) is 3.80. The Kier molecular flexibility index (Phi) is 3.88. The number of nitrogens with one attached hydrogen (secondary N) is 1. The molecule has 2 aromatic rings. The van der Waals surface area contributed by atoms with Gasteiger partial charge in [-0.05, 0) is 6.92 Å². The monoisotopic (exact) mass is 286 g/mol. The van der Waals surface area contributed by atoms with Gasteiger partial charge < -0.3 is 14.8 Å². The second-order valence-electron chi connectivity index (χ2n) is 5.77. The summed E-state index contributed by atoms with van der Waals surface area (Å²) in [5, 5.41) is 3.40. The highest BCUT2D eigenvalue weighted by Crippen LogP contribution is 2.17. The van der Waals surface area contributed by atoms with Gasteiger partial charge in [-0.3, -0.25) is 0 Å². The molecule has 0 fully saturated rings. The van der Waals surface area contributed by atoms with Gasteiger partial charge in [-0.2, -0.15) is 0 Å². The van der Waals surface area contributed by atoms with Crippen molar-refractivity contribution in [3.8, 4) is 0 Å². The van der Waals surface area contributed by atoms with Crippen LogP contribution in [0.2, 0.25) is 0 Å². The molecule has 21 heavy (non-hydrogen) atoms. The van der Waals surface area contributed by atoms with Crippen molar-refractivity contribution in [2.24, 2.45) is 0 Å². The minimum absolute atomic E-state index is 0.463. The smallest absolute Gasteiger partial charge is 0.225 e. The van der Waals surface area contributed by atoms with Gasteiger partial charge in [0.1, 0.15) is 5.82 Å². The van der Waals surface area contributed by atoms with Gasteiger partial charge in [0, 0.05) is 55.5 Å². The third kappa shape index (κ3) is 3.05. The number of aryl methyl sites for hydroxylation is 1. The van der Waals surface area contributed by atoms with E-state index in [0.717, 1.165) is 49.2 Å². The van der Waals surface area contributed by atoms with Gasteiger partial charge in [-0.1, -0.05) is 13.8 Å². The molecule has 0 bridgehead atoms. The zero-order valence-electron chi connectivity index (χ0n) is 12.9. The van der Waals surface area contributed by atoms with Crippen molar-refractivity contribution in [3.05, 3.63) is 35.7 Å². The predicted molar refractivity (Wildman–Crippen MR) is 82.0 cm³/mol. The van der Waals surface area contributed by atoms with Crippen molar-refractivity contribution < 1.29 is 0 Å². The van der Waals surface area contributed by atoms with Crippen molar-refractivity contribution in [3.63, 3.8) is 0 Å². The van der Waals surface area contributed by atoms with Crippen LogP contribution in [-0.2, 0) is 19.6 Å². The zero-order chi connectivity index (χ0) is 14.8. The molecule has 1 aliphatic rings. The van der Waals surface area contributed by atoms with Crippen LogP contribution in [0.3, 0.4) is 0 Å². The summed E-state index contributed by atoms with van der Waals surface area (Å²) in [5.74, 6) is 1.88. The van der Waals surface area contributed by atoms with Crippen molar-refractivity contribution in [2.75, 3.05) is 11.4 Å². The molecule has 6 nitrogen and oxygen atoms in total. The van der Waals surface area contributed by atoms with E-state index in [1.54, 1.807) is 0 Å². The topological polar surface area (TPSA) is 58.9 Å². The molecule has 0 atom stereocenters. The van der Waals surface area contributed by atoms with E-state index in [4.69, 9.17) is 0 Å². The molecule has 0 spiro atoms. The van der Waals surface area contributed by atoms with Crippen molar-refractivity contribution >= 4 is 5.95 Å². The largest absolute Gasteiger partial charge is 0.332 e. The van der Waals surface area contributed by atoms with Crippen molar-refractivity contribution in [1.29, 1.82) is 0 Å². The van der Waals surface area contributed by atoms with Crippen molar-refractivity contribution in [2.45, 2.75) is 46.4 Å². The second kappa shape index (κ2) is 5.81. The molecule has 0 radical (unpaired) electrons. The normalized spacial score (nSPS) is 14.6. The summed E-state index contributed by atoms with van der Waals surface area (Å²) in [5.41, 5.74) is 2.20. The maximum Gasteiger partial charge on any atom is 0.225 e. The van der Waals surface area contributed by atoms with E-state index in [9.17, 15) is 0 Å². The van der Waals surface area contributed by atoms with Crippen LogP contribution in [0.5, 0.6) is 0 Å². The first-order valence-electron chi connectivity index (χ1n) is 7.44. The van der Waals surface area contributed by atoms with Crippen LogP contribution in [0.4, 0.5) is 5.95 Å². The number of anilines is 1. The minimum atomic E-state index is 0.463. The molecule has 0 saturated carbocycles. The predicted octanol–water partition coefficient (Wildman–Crippen LogP) is 1.50. The Bertz CT molecular complexity index is 618. The van der Waals surface area contributed by atoms with Gasteiger partial charge in [0.05, 0.1) is 6.54 Å². The van der Waals surface area contributed by atoms with Crippen LogP contribution >= 0.6 is 0 Å². The first kappa shape index (κ1) is 14.0. The number of imidazole rings is 1. The molecule has 3 rings (SSSR count). The lowest BCUT2D eigenvalue weighted by molar-refractivity contribution is 0.549. The Morgan fingerprint density at radius 1 is 1.29 bits per heavy atom. The Morgan fingerprint density at radius 3 is 2.90 bits per heavy atom. The quantitative estimate of drug-likeness (QED) is 0.923.